The molecule has 0 saturated heterocycles. The minimum Gasteiger partial charge on any atom is -0.330 e. The van der Waals surface area contributed by atoms with E-state index >= 15 is 0 Å². The topological polar surface area (TPSA) is 26.0 Å². The Hall–Kier alpha value is 0.490. The van der Waals surface area contributed by atoms with Crippen LogP contribution < -0.4 is 5.73 Å². The second-order valence-electron chi connectivity index (χ2n) is 3.06. The maximum atomic E-state index is 5.54. The number of hydrogen-bond acceptors (Lipinski definition) is 3. The molecule has 0 aromatic carbocycles. The largest absolute Gasteiger partial charge is 0.330 e. The second kappa shape index (κ2) is 6.06. The molecule has 1 atom stereocenters. The number of hydrogen-bond donors (Lipinski definition) is 1. The maximum Gasteiger partial charge on any atom is 0.0701 e. The van der Waals surface area contributed by atoms with Gasteiger partial charge >= 0.3 is 0 Å². The lowest BCUT2D eigenvalue weighted by Gasteiger charge is -2.05. The van der Waals surface area contributed by atoms with E-state index in [-0.39, 0.29) is 0 Å². The quantitative estimate of drug-likeness (QED) is 0.895. The van der Waals surface area contributed by atoms with Crippen LogP contribution in [0, 0.1) is 5.92 Å². The number of nitrogens with two attached hydrogens (primary N) is 1. The van der Waals surface area contributed by atoms with Crippen LogP contribution in [0.2, 0.25) is 0 Å². The van der Waals surface area contributed by atoms with E-state index in [1.165, 1.54) is 8.66 Å². The lowest BCUT2D eigenvalue weighted by Crippen LogP contribution is -2.12. The van der Waals surface area contributed by atoms with Crippen LogP contribution in [-0.4, -0.2) is 12.3 Å². The lowest BCUT2D eigenvalue weighted by molar-refractivity contribution is 0.675. The normalized spacial score (nSPS) is 13.2. The van der Waals surface area contributed by atoms with Crippen LogP contribution >= 0.6 is 39.0 Å². The van der Waals surface area contributed by atoms with E-state index in [1.54, 1.807) is 0 Å². The van der Waals surface area contributed by atoms with Crippen molar-refractivity contribution in [2.75, 3.05) is 12.3 Å². The SMILES string of the molecule is CC(CN)CSCc1ccc(Br)s1. The van der Waals surface area contributed by atoms with Gasteiger partial charge in [-0.3, -0.25) is 0 Å². The Kier molecular flexibility index (Phi) is 5.39. The molecular weight excluding hydrogens is 266 g/mol. The summed E-state index contributed by atoms with van der Waals surface area (Å²) < 4.78 is 1.22. The van der Waals surface area contributed by atoms with Crippen LogP contribution in [0.15, 0.2) is 15.9 Å². The van der Waals surface area contributed by atoms with Crippen molar-refractivity contribution < 1.29 is 0 Å². The van der Waals surface area contributed by atoms with Gasteiger partial charge in [0.05, 0.1) is 3.79 Å². The van der Waals surface area contributed by atoms with Crippen molar-refractivity contribution in [3.63, 3.8) is 0 Å². The van der Waals surface area contributed by atoms with Gasteiger partial charge in [-0.15, -0.1) is 11.3 Å². The average molecular weight is 280 g/mol. The zero-order valence-electron chi connectivity index (χ0n) is 7.63. The Morgan fingerprint density at radius 2 is 2.38 bits per heavy atom. The zero-order chi connectivity index (χ0) is 9.68. The average Bonchev–Trinajstić information content (AvgIpc) is 2.51. The molecule has 74 valence electrons. The summed E-state index contributed by atoms with van der Waals surface area (Å²) in [6.45, 7) is 2.98. The first-order valence-electron chi connectivity index (χ1n) is 4.24. The summed E-state index contributed by atoms with van der Waals surface area (Å²) >= 11 is 7.23. The van der Waals surface area contributed by atoms with Crippen molar-refractivity contribution in [1.82, 2.24) is 0 Å². The molecule has 2 N–H and O–H groups in total. The van der Waals surface area contributed by atoms with Gasteiger partial charge in [0, 0.05) is 10.6 Å². The number of thiophene rings is 1. The molecule has 1 aromatic rings. The molecule has 1 rings (SSSR count). The van der Waals surface area contributed by atoms with E-state index in [4.69, 9.17) is 5.73 Å². The van der Waals surface area contributed by atoms with E-state index in [0.717, 1.165) is 18.1 Å². The third-order valence-corrected chi connectivity index (χ3v) is 4.80. The molecule has 1 heterocycles. The zero-order valence-corrected chi connectivity index (χ0v) is 10.8. The molecule has 0 bridgehead atoms. The van der Waals surface area contributed by atoms with E-state index in [2.05, 4.69) is 35.0 Å². The van der Waals surface area contributed by atoms with Crippen LogP contribution in [0.1, 0.15) is 11.8 Å². The fourth-order valence-corrected chi connectivity index (χ4v) is 3.58. The number of thioether (sulfide) groups is 1. The molecule has 4 heteroatoms. The summed E-state index contributed by atoms with van der Waals surface area (Å²) in [5.74, 6) is 2.90. The molecule has 0 aliphatic heterocycles. The molecule has 0 radical (unpaired) electrons. The predicted octanol–water partition coefficient (Wildman–Crippen LogP) is 3.34. The first-order chi connectivity index (χ1) is 6.22. The molecule has 0 fully saturated rings. The predicted molar refractivity (Wildman–Crippen MR) is 66.4 cm³/mol. The third-order valence-electron chi connectivity index (χ3n) is 1.68. The van der Waals surface area contributed by atoms with E-state index in [1.807, 2.05) is 23.1 Å². The second-order valence-corrected chi connectivity index (χ2v) is 6.64. The Labute approximate surface area is 96.2 Å². The molecular formula is C9H14BrNS2. The molecule has 0 spiro atoms. The van der Waals surface area contributed by atoms with Gasteiger partial charge in [-0.2, -0.15) is 11.8 Å². The number of halogens is 1. The van der Waals surface area contributed by atoms with Gasteiger partial charge < -0.3 is 5.73 Å². The summed E-state index contributed by atoms with van der Waals surface area (Å²) in [7, 11) is 0. The molecule has 0 aliphatic carbocycles. The molecule has 0 saturated carbocycles. The first-order valence-corrected chi connectivity index (χ1v) is 7.01. The van der Waals surface area contributed by atoms with Gasteiger partial charge in [-0.05, 0) is 46.3 Å². The Balaban J connectivity index is 2.20. The van der Waals surface area contributed by atoms with E-state index < -0.39 is 0 Å². The van der Waals surface area contributed by atoms with Crippen LogP contribution in [0.5, 0.6) is 0 Å². The Morgan fingerprint density at radius 1 is 1.62 bits per heavy atom. The highest BCUT2D eigenvalue weighted by atomic mass is 79.9. The van der Waals surface area contributed by atoms with Crippen LogP contribution in [0.25, 0.3) is 0 Å². The standard InChI is InChI=1S/C9H14BrNS2/c1-7(4-11)5-12-6-8-2-3-9(10)13-8/h2-3,7H,4-6,11H2,1H3. The summed E-state index contributed by atoms with van der Waals surface area (Å²) in [5, 5.41) is 0. The van der Waals surface area contributed by atoms with Crippen molar-refractivity contribution in [1.29, 1.82) is 0 Å². The van der Waals surface area contributed by atoms with Gasteiger partial charge in [0.2, 0.25) is 0 Å². The molecule has 0 aliphatic rings. The van der Waals surface area contributed by atoms with Gasteiger partial charge in [-0.25, -0.2) is 0 Å². The van der Waals surface area contributed by atoms with Crippen molar-refractivity contribution in [2.24, 2.45) is 11.7 Å². The summed E-state index contributed by atoms with van der Waals surface area (Å²) in [4.78, 5) is 1.43. The Morgan fingerprint density at radius 3 is 2.92 bits per heavy atom. The summed E-state index contributed by atoms with van der Waals surface area (Å²) in [5.41, 5.74) is 5.54. The van der Waals surface area contributed by atoms with Gasteiger partial charge in [0.25, 0.3) is 0 Å². The minimum atomic E-state index is 0.633. The van der Waals surface area contributed by atoms with E-state index in [9.17, 15) is 0 Å². The summed E-state index contributed by atoms with van der Waals surface area (Å²) in [6, 6.07) is 4.28. The molecule has 13 heavy (non-hydrogen) atoms. The van der Waals surface area contributed by atoms with Gasteiger partial charge in [-0.1, -0.05) is 6.92 Å². The van der Waals surface area contributed by atoms with Crippen molar-refractivity contribution in [3.05, 3.63) is 20.8 Å². The highest BCUT2D eigenvalue weighted by Crippen LogP contribution is 2.26. The molecule has 0 amide bonds. The fourth-order valence-electron chi connectivity index (χ4n) is 0.858. The Bertz CT molecular complexity index is 250. The van der Waals surface area contributed by atoms with E-state index in [0.29, 0.717) is 5.92 Å². The van der Waals surface area contributed by atoms with Crippen LogP contribution in [0.4, 0.5) is 0 Å². The first kappa shape index (κ1) is 11.6. The highest BCUT2D eigenvalue weighted by Gasteiger charge is 2.01. The number of rotatable bonds is 5. The van der Waals surface area contributed by atoms with Crippen molar-refractivity contribution in [2.45, 2.75) is 12.7 Å². The van der Waals surface area contributed by atoms with Gasteiger partial charge in [0.15, 0.2) is 0 Å². The van der Waals surface area contributed by atoms with Crippen molar-refractivity contribution in [3.8, 4) is 0 Å². The minimum absolute atomic E-state index is 0.633. The fraction of sp³-hybridized carbons (Fsp3) is 0.556. The van der Waals surface area contributed by atoms with Crippen molar-refractivity contribution >= 4 is 39.0 Å². The molecule has 1 unspecified atom stereocenters. The maximum absolute atomic E-state index is 5.54. The molecule has 1 nitrogen and oxygen atoms in total. The lowest BCUT2D eigenvalue weighted by atomic mass is 10.2. The monoisotopic (exact) mass is 279 g/mol. The van der Waals surface area contributed by atoms with Crippen LogP contribution in [0.3, 0.4) is 0 Å². The summed E-state index contributed by atoms with van der Waals surface area (Å²) in [6.07, 6.45) is 0. The smallest absolute Gasteiger partial charge is 0.0701 e. The van der Waals surface area contributed by atoms with Crippen LogP contribution in [-0.2, 0) is 5.75 Å². The van der Waals surface area contributed by atoms with Gasteiger partial charge in [0.1, 0.15) is 0 Å². The highest BCUT2D eigenvalue weighted by molar-refractivity contribution is 9.11. The third kappa shape index (κ3) is 4.49. The molecule has 1 aromatic heterocycles.